The fourth-order valence-electron chi connectivity index (χ4n) is 3.55. The lowest BCUT2D eigenvalue weighted by Gasteiger charge is -2.31. The zero-order valence-corrected chi connectivity index (χ0v) is 15.0. The molecular formula is C22H21N3O2. The summed E-state index contributed by atoms with van der Waals surface area (Å²) in [6.07, 6.45) is 3.07. The van der Waals surface area contributed by atoms with Crippen LogP contribution in [0.5, 0.6) is 0 Å². The number of piperidine rings is 1. The van der Waals surface area contributed by atoms with Crippen molar-refractivity contribution < 1.29 is 9.59 Å². The Morgan fingerprint density at radius 2 is 1.67 bits per heavy atom. The van der Waals surface area contributed by atoms with Gasteiger partial charge in [-0.15, -0.1) is 0 Å². The number of amides is 2. The molecule has 0 spiro atoms. The SMILES string of the molecule is O=C(Nc1cccc2cccnc12)C1CCN(C(=O)c2ccccc2)CC1. The van der Waals surface area contributed by atoms with Gasteiger partial charge in [-0.05, 0) is 37.1 Å². The van der Waals surface area contributed by atoms with Gasteiger partial charge in [-0.1, -0.05) is 36.4 Å². The molecule has 0 radical (unpaired) electrons. The lowest BCUT2D eigenvalue weighted by atomic mass is 9.95. The monoisotopic (exact) mass is 359 g/mol. The molecule has 0 saturated carbocycles. The zero-order chi connectivity index (χ0) is 18.6. The van der Waals surface area contributed by atoms with Gasteiger partial charge in [0.25, 0.3) is 5.91 Å². The van der Waals surface area contributed by atoms with Gasteiger partial charge in [-0.25, -0.2) is 0 Å². The number of para-hydroxylation sites is 1. The van der Waals surface area contributed by atoms with Crippen LogP contribution in [0.1, 0.15) is 23.2 Å². The Balaban J connectivity index is 1.39. The van der Waals surface area contributed by atoms with Gasteiger partial charge in [0.1, 0.15) is 0 Å². The van der Waals surface area contributed by atoms with Gasteiger partial charge in [0.2, 0.25) is 5.91 Å². The van der Waals surface area contributed by atoms with Gasteiger partial charge < -0.3 is 10.2 Å². The first kappa shape index (κ1) is 17.2. The number of carbonyl (C=O) groups is 2. The van der Waals surface area contributed by atoms with E-state index in [-0.39, 0.29) is 17.7 Å². The van der Waals surface area contributed by atoms with Crippen LogP contribution < -0.4 is 5.32 Å². The van der Waals surface area contributed by atoms with Crippen molar-refractivity contribution in [3.8, 4) is 0 Å². The number of rotatable bonds is 3. The van der Waals surface area contributed by atoms with E-state index < -0.39 is 0 Å². The van der Waals surface area contributed by atoms with E-state index in [0.717, 1.165) is 16.6 Å². The molecule has 136 valence electrons. The fraction of sp³-hybridized carbons (Fsp3) is 0.227. The Kier molecular flexibility index (Phi) is 4.83. The number of hydrogen-bond donors (Lipinski definition) is 1. The molecule has 1 saturated heterocycles. The third-order valence-corrected chi connectivity index (χ3v) is 5.06. The summed E-state index contributed by atoms with van der Waals surface area (Å²) < 4.78 is 0. The van der Waals surface area contributed by atoms with Crippen molar-refractivity contribution in [1.29, 1.82) is 0 Å². The van der Waals surface area contributed by atoms with Gasteiger partial charge >= 0.3 is 0 Å². The predicted molar refractivity (Wildman–Crippen MR) is 105 cm³/mol. The molecule has 2 amide bonds. The van der Waals surface area contributed by atoms with E-state index in [9.17, 15) is 9.59 Å². The zero-order valence-electron chi connectivity index (χ0n) is 15.0. The lowest BCUT2D eigenvalue weighted by Crippen LogP contribution is -2.41. The van der Waals surface area contributed by atoms with Crippen molar-refractivity contribution in [2.45, 2.75) is 12.8 Å². The highest BCUT2D eigenvalue weighted by Crippen LogP contribution is 2.24. The van der Waals surface area contributed by atoms with Gasteiger partial charge in [-0.3, -0.25) is 14.6 Å². The number of nitrogens with one attached hydrogen (secondary N) is 1. The van der Waals surface area contributed by atoms with E-state index in [1.54, 1.807) is 6.20 Å². The molecule has 4 rings (SSSR count). The summed E-state index contributed by atoms with van der Waals surface area (Å²) in [7, 11) is 0. The van der Waals surface area contributed by atoms with Crippen molar-refractivity contribution in [2.24, 2.45) is 5.92 Å². The molecule has 27 heavy (non-hydrogen) atoms. The number of fused-ring (bicyclic) bond motifs is 1. The van der Waals surface area contributed by atoms with Crippen LogP contribution in [0.15, 0.2) is 66.9 Å². The van der Waals surface area contributed by atoms with Gasteiger partial charge in [0.05, 0.1) is 11.2 Å². The standard InChI is InChI=1S/C22H21N3O2/c26-21(24-19-10-4-8-16-9-5-13-23-20(16)19)17-11-14-25(15-12-17)22(27)18-6-2-1-3-7-18/h1-10,13,17H,11-12,14-15H2,(H,24,26). The Bertz CT molecular complexity index is 958. The number of benzene rings is 2. The molecule has 0 unspecified atom stereocenters. The largest absolute Gasteiger partial charge is 0.339 e. The van der Waals surface area contributed by atoms with Crippen LogP contribution >= 0.6 is 0 Å². The van der Waals surface area contributed by atoms with Crippen LogP contribution in [0, 0.1) is 5.92 Å². The molecule has 0 aliphatic carbocycles. The number of hydrogen-bond acceptors (Lipinski definition) is 3. The van der Waals surface area contributed by atoms with Gasteiger partial charge in [-0.2, -0.15) is 0 Å². The lowest BCUT2D eigenvalue weighted by molar-refractivity contribution is -0.121. The number of nitrogens with zero attached hydrogens (tertiary/aromatic N) is 2. The number of anilines is 1. The van der Waals surface area contributed by atoms with Crippen LogP contribution in [-0.2, 0) is 4.79 Å². The summed E-state index contributed by atoms with van der Waals surface area (Å²) in [6, 6.07) is 18.9. The summed E-state index contributed by atoms with van der Waals surface area (Å²) in [5.74, 6) is -0.0588. The Morgan fingerprint density at radius 1 is 0.926 bits per heavy atom. The fourth-order valence-corrected chi connectivity index (χ4v) is 3.55. The smallest absolute Gasteiger partial charge is 0.253 e. The van der Waals surface area contributed by atoms with E-state index >= 15 is 0 Å². The second kappa shape index (κ2) is 7.58. The predicted octanol–water partition coefficient (Wildman–Crippen LogP) is 3.73. The summed E-state index contributed by atoms with van der Waals surface area (Å²) in [4.78, 5) is 31.5. The molecule has 0 bridgehead atoms. The maximum atomic E-state index is 12.7. The minimum atomic E-state index is -0.0937. The van der Waals surface area contributed by atoms with E-state index in [2.05, 4.69) is 10.3 Å². The van der Waals surface area contributed by atoms with Crippen molar-refractivity contribution in [3.05, 3.63) is 72.4 Å². The van der Waals surface area contributed by atoms with Crippen LogP contribution in [0.4, 0.5) is 5.69 Å². The van der Waals surface area contributed by atoms with Gasteiger partial charge in [0, 0.05) is 36.2 Å². The Morgan fingerprint density at radius 3 is 2.44 bits per heavy atom. The molecule has 5 heteroatoms. The first-order chi connectivity index (χ1) is 13.2. The molecule has 1 aliphatic rings. The Hall–Kier alpha value is -3.21. The second-order valence-electron chi connectivity index (χ2n) is 6.80. The molecule has 1 aromatic heterocycles. The third kappa shape index (κ3) is 3.67. The highest BCUT2D eigenvalue weighted by atomic mass is 16.2. The van der Waals surface area contributed by atoms with Crippen molar-refractivity contribution >= 4 is 28.4 Å². The summed E-state index contributed by atoms with van der Waals surface area (Å²) in [6.45, 7) is 1.19. The number of likely N-dealkylation sites (tertiary alicyclic amines) is 1. The highest BCUT2D eigenvalue weighted by molar-refractivity contribution is 6.01. The molecule has 1 N–H and O–H groups in total. The van der Waals surface area contributed by atoms with Crippen LogP contribution in [0.2, 0.25) is 0 Å². The number of aromatic nitrogens is 1. The molecule has 1 aliphatic heterocycles. The average Bonchev–Trinajstić information content (AvgIpc) is 2.74. The second-order valence-corrected chi connectivity index (χ2v) is 6.80. The van der Waals surface area contributed by atoms with E-state index in [4.69, 9.17) is 0 Å². The molecule has 0 atom stereocenters. The van der Waals surface area contributed by atoms with Crippen molar-refractivity contribution in [1.82, 2.24) is 9.88 Å². The summed E-state index contributed by atoms with van der Waals surface area (Å²) in [5.41, 5.74) is 2.23. The van der Waals surface area contributed by atoms with E-state index in [1.807, 2.05) is 65.6 Å². The van der Waals surface area contributed by atoms with Crippen LogP contribution in [0.3, 0.4) is 0 Å². The van der Waals surface area contributed by atoms with E-state index in [0.29, 0.717) is 31.5 Å². The Labute approximate surface area is 158 Å². The maximum Gasteiger partial charge on any atom is 0.253 e. The molecule has 2 aromatic carbocycles. The number of pyridine rings is 1. The quantitative estimate of drug-likeness (QED) is 0.775. The minimum absolute atomic E-state index is 0.0000341. The normalized spacial score (nSPS) is 14.9. The summed E-state index contributed by atoms with van der Waals surface area (Å²) in [5, 5.41) is 4.02. The molecule has 1 fully saturated rings. The maximum absolute atomic E-state index is 12.7. The highest BCUT2D eigenvalue weighted by Gasteiger charge is 2.28. The summed E-state index contributed by atoms with van der Waals surface area (Å²) >= 11 is 0. The van der Waals surface area contributed by atoms with Crippen LogP contribution in [-0.4, -0.2) is 34.8 Å². The molecular weight excluding hydrogens is 338 g/mol. The van der Waals surface area contributed by atoms with Gasteiger partial charge in [0.15, 0.2) is 0 Å². The van der Waals surface area contributed by atoms with Crippen molar-refractivity contribution in [2.75, 3.05) is 18.4 Å². The first-order valence-corrected chi connectivity index (χ1v) is 9.21. The third-order valence-electron chi connectivity index (χ3n) is 5.06. The average molecular weight is 359 g/mol. The molecule has 2 heterocycles. The molecule has 3 aromatic rings. The van der Waals surface area contributed by atoms with E-state index in [1.165, 1.54) is 0 Å². The number of carbonyl (C=O) groups excluding carboxylic acids is 2. The first-order valence-electron chi connectivity index (χ1n) is 9.21. The van der Waals surface area contributed by atoms with Crippen molar-refractivity contribution in [3.63, 3.8) is 0 Å². The topological polar surface area (TPSA) is 62.3 Å². The van der Waals surface area contributed by atoms with Crippen LogP contribution in [0.25, 0.3) is 10.9 Å². The molecule has 5 nitrogen and oxygen atoms in total. The minimum Gasteiger partial charge on any atom is -0.339 e.